The van der Waals surface area contributed by atoms with Crippen LogP contribution in [0.2, 0.25) is 10.0 Å². The summed E-state index contributed by atoms with van der Waals surface area (Å²) in [4.78, 5) is 16.5. The Morgan fingerprint density at radius 2 is 2.12 bits per heavy atom. The van der Waals surface area contributed by atoms with Crippen LogP contribution < -0.4 is 10.1 Å². The van der Waals surface area contributed by atoms with Crippen LogP contribution in [0.3, 0.4) is 0 Å². The first-order chi connectivity index (χ1) is 12.0. The van der Waals surface area contributed by atoms with E-state index in [4.69, 9.17) is 27.9 Å². The molecule has 0 aliphatic heterocycles. The third kappa shape index (κ3) is 4.51. The number of thiazole rings is 1. The fourth-order valence-corrected chi connectivity index (χ4v) is 3.53. The second-order valence-electron chi connectivity index (χ2n) is 5.07. The van der Waals surface area contributed by atoms with Crippen molar-refractivity contribution in [1.29, 1.82) is 0 Å². The summed E-state index contributed by atoms with van der Waals surface area (Å²) in [6.45, 7) is 2.54. The predicted octanol–water partition coefficient (Wildman–Crippen LogP) is 5.65. The van der Waals surface area contributed by atoms with Crippen molar-refractivity contribution in [1.82, 2.24) is 4.98 Å². The molecule has 7 heteroatoms. The smallest absolute Gasteiger partial charge is 0.250 e. The number of fused-ring (bicyclic) bond motifs is 1. The highest BCUT2D eigenvalue weighted by atomic mass is 35.5. The molecule has 0 unspecified atom stereocenters. The van der Waals surface area contributed by atoms with Gasteiger partial charge in [0.05, 0.1) is 16.8 Å². The third-order valence-electron chi connectivity index (χ3n) is 3.28. The van der Waals surface area contributed by atoms with E-state index in [1.54, 1.807) is 24.3 Å². The lowest BCUT2D eigenvalue weighted by molar-refractivity contribution is -0.111. The van der Waals surface area contributed by atoms with E-state index in [-0.39, 0.29) is 5.91 Å². The zero-order valence-electron chi connectivity index (χ0n) is 13.3. The van der Waals surface area contributed by atoms with Gasteiger partial charge in [-0.1, -0.05) is 40.6 Å². The van der Waals surface area contributed by atoms with Gasteiger partial charge in [-0.3, -0.25) is 10.1 Å². The zero-order chi connectivity index (χ0) is 17.8. The molecule has 0 radical (unpaired) electrons. The summed E-state index contributed by atoms with van der Waals surface area (Å²) in [6, 6.07) is 10.7. The van der Waals surface area contributed by atoms with Crippen molar-refractivity contribution in [3.05, 3.63) is 58.1 Å². The Hall–Kier alpha value is -2.08. The van der Waals surface area contributed by atoms with E-state index in [9.17, 15) is 4.79 Å². The fraction of sp³-hybridized carbons (Fsp3) is 0.111. The molecule has 0 aliphatic rings. The van der Waals surface area contributed by atoms with Crippen LogP contribution in [0.15, 0.2) is 42.5 Å². The lowest BCUT2D eigenvalue weighted by Crippen LogP contribution is -2.07. The van der Waals surface area contributed by atoms with Gasteiger partial charge in [0.15, 0.2) is 5.13 Å². The van der Waals surface area contributed by atoms with Gasteiger partial charge in [-0.05, 0) is 48.9 Å². The Balaban J connectivity index is 1.72. The van der Waals surface area contributed by atoms with Crippen LogP contribution in [-0.4, -0.2) is 17.5 Å². The van der Waals surface area contributed by atoms with E-state index in [1.807, 2.05) is 25.1 Å². The molecule has 1 aromatic heterocycles. The van der Waals surface area contributed by atoms with E-state index < -0.39 is 0 Å². The summed E-state index contributed by atoms with van der Waals surface area (Å²) in [5.74, 6) is 0.504. The van der Waals surface area contributed by atoms with Crippen molar-refractivity contribution in [2.24, 2.45) is 0 Å². The van der Waals surface area contributed by atoms with Crippen molar-refractivity contribution < 1.29 is 9.53 Å². The number of hydrogen-bond acceptors (Lipinski definition) is 4. The first kappa shape index (κ1) is 17.7. The van der Waals surface area contributed by atoms with Gasteiger partial charge in [0, 0.05) is 16.1 Å². The summed E-state index contributed by atoms with van der Waals surface area (Å²) >= 11 is 13.3. The Morgan fingerprint density at radius 3 is 2.88 bits per heavy atom. The molecule has 0 saturated heterocycles. The number of halogens is 2. The molecular formula is C18H14Cl2N2O2S. The minimum Gasteiger partial charge on any atom is -0.494 e. The molecule has 0 atom stereocenters. The van der Waals surface area contributed by atoms with Crippen LogP contribution in [-0.2, 0) is 4.79 Å². The molecule has 0 spiro atoms. The summed E-state index contributed by atoms with van der Waals surface area (Å²) in [5, 5.41) is 4.32. The number of benzene rings is 2. The van der Waals surface area contributed by atoms with Crippen molar-refractivity contribution >= 4 is 61.9 Å². The largest absolute Gasteiger partial charge is 0.494 e. The number of amides is 1. The number of rotatable bonds is 5. The molecule has 3 aromatic rings. The third-order valence-corrected chi connectivity index (χ3v) is 4.77. The minimum atomic E-state index is -0.282. The zero-order valence-corrected chi connectivity index (χ0v) is 15.6. The molecule has 1 N–H and O–H groups in total. The molecule has 3 rings (SSSR count). The monoisotopic (exact) mass is 392 g/mol. The van der Waals surface area contributed by atoms with Crippen LogP contribution in [0.5, 0.6) is 5.75 Å². The van der Waals surface area contributed by atoms with Crippen LogP contribution in [0.4, 0.5) is 5.13 Å². The maximum atomic E-state index is 12.1. The van der Waals surface area contributed by atoms with E-state index in [2.05, 4.69) is 10.3 Å². The molecule has 2 aromatic carbocycles. The second-order valence-corrected chi connectivity index (χ2v) is 6.94. The standard InChI is InChI=1S/C18H14Cl2N2O2S/c1-2-24-13-6-7-15-16(10-13)25-18(21-15)22-17(23)8-4-11-3-5-12(19)9-14(11)20/h3-10H,2H2,1H3,(H,21,22,23). The predicted molar refractivity (Wildman–Crippen MR) is 105 cm³/mol. The van der Waals surface area contributed by atoms with Crippen LogP contribution in [0, 0.1) is 0 Å². The van der Waals surface area contributed by atoms with Gasteiger partial charge in [-0.2, -0.15) is 0 Å². The molecule has 4 nitrogen and oxygen atoms in total. The van der Waals surface area contributed by atoms with Crippen LogP contribution in [0.25, 0.3) is 16.3 Å². The topological polar surface area (TPSA) is 51.2 Å². The lowest BCUT2D eigenvalue weighted by Gasteiger charge is -2.00. The van der Waals surface area contributed by atoms with Crippen molar-refractivity contribution in [2.75, 3.05) is 11.9 Å². The summed E-state index contributed by atoms with van der Waals surface area (Å²) < 4.78 is 6.42. The van der Waals surface area contributed by atoms with E-state index in [1.165, 1.54) is 17.4 Å². The van der Waals surface area contributed by atoms with E-state index >= 15 is 0 Å². The minimum absolute atomic E-state index is 0.282. The molecular weight excluding hydrogens is 379 g/mol. The first-order valence-corrected chi connectivity index (χ1v) is 9.10. The Bertz CT molecular complexity index is 953. The van der Waals surface area contributed by atoms with E-state index in [0.717, 1.165) is 16.0 Å². The van der Waals surface area contributed by atoms with Gasteiger partial charge in [0.1, 0.15) is 5.75 Å². The summed E-state index contributed by atoms with van der Waals surface area (Å²) in [7, 11) is 0. The molecule has 128 valence electrons. The SMILES string of the molecule is CCOc1ccc2nc(NC(=O)C=Cc3ccc(Cl)cc3Cl)sc2c1. The molecule has 1 amide bonds. The summed E-state index contributed by atoms with van der Waals surface area (Å²) in [5.41, 5.74) is 1.53. The summed E-state index contributed by atoms with van der Waals surface area (Å²) in [6.07, 6.45) is 3.04. The maximum Gasteiger partial charge on any atom is 0.250 e. The Labute approximate surface area is 159 Å². The molecule has 1 heterocycles. The fourth-order valence-electron chi connectivity index (χ4n) is 2.16. The normalized spacial score (nSPS) is 11.2. The van der Waals surface area contributed by atoms with Crippen molar-refractivity contribution in [2.45, 2.75) is 6.92 Å². The first-order valence-electron chi connectivity index (χ1n) is 7.52. The number of ether oxygens (including phenoxy) is 1. The number of nitrogens with zero attached hydrogens (tertiary/aromatic N) is 1. The molecule has 0 aliphatic carbocycles. The molecule has 0 saturated carbocycles. The maximum absolute atomic E-state index is 12.1. The van der Waals surface area contributed by atoms with Gasteiger partial charge >= 0.3 is 0 Å². The molecule has 0 fully saturated rings. The van der Waals surface area contributed by atoms with Gasteiger partial charge in [-0.25, -0.2) is 4.98 Å². The average Bonchev–Trinajstić information content (AvgIpc) is 2.95. The quantitative estimate of drug-likeness (QED) is 0.570. The highest BCUT2D eigenvalue weighted by molar-refractivity contribution is 7.22. The highest BCUT2D eigenvalue weighted by Crippen LogP contribution is 2.29. The Kier molecular flexibility index (Phi) is 5.58. The number of carbonyl (C=O) groups excluding carboxylic acids is 1. The highest BCUT2D eigenvalue weighted by Gasteiger charge is 2.07. The van der Waals surface area contributed by atoms with Gasteiger partial charge in [-0.15, -0.1) is 0 Å². The van der Waals surface area contributed by atoms with Gasteiger partial charge < -0.3 is 4.74 Å². The van der Waals surface area contributed by atoms with Crippen LogP contribution in [0.1, 0.15) is 12.5 Å². The van der Waals surface area contributed by atoms with Gasteiger partial charge in [0.2, 0.25) is 5.91 Å². The number of carbonyl (C=O) groups is 1. The van der Waals surface area contributed by atoms with Crippen molar-refractivity contribution in [3.8, 4) is 5.75 Å². The molecule has 25 heavy (non-hydrogen) atoms. The molecule has 0 bridgehead atoms. The average molecular weight is 393 g/mol. The Morgan fingerprint density at radius 1 is 1.28 bits per heavy atom. The number of nitrogens with one attached hydrogen (secondary N) is 1. The second kappa shape index (κ2) is 7.87. The van der Waals surface area contributed by atoms with Gasteiger partial charge in [0.25, 0.3) is 0 Å². The van der Waals surface area contributed by atoms with E-state index in [0.29, 0.717) is 27.3 Å². The van der Waals surface area contributed by atoms with Crippen LogP contribution >= 0.6 is 34.5 Å². The number of hydrogen-bond donors (Lipinski definition) is 1. The number of anilines is 1. The number of aromatic nitrogens is 1. The van der Waals surface area contributed by atoms with Crippen molar-refractivity contribution in [3.63, 3.8) is 0 Å². The lowest BCUT2D eigenvalue weighted by atomic mass is 10.2.